The smallest absolute Gasteiger partial charge is 0.457 e. The van der Waals surface area contributed by atoms with E-state index in [0.29, 0.717) is 12.7 Å². The van der Waals surface area contributed by atoms with Crippen LogP contribution in [0.4, 0.5) is 0 Å². The maximum atomic E-state index is 10.3. The molecule has 1 rings (SSSR count). The standard InChI is InChI=1S/C10H19BO4/c1-9(2)10(3,4)15-11(14-9)7-5-6-8(12)13/h5-7H2,1-4H3,(H,12,13). The Kier molecular flexibility index (Phi) is 3.46. The molecule has 0 radical (unpaired) electrons. The second kappa shape index (κ2) is 4.14. The monoisotopic (exact) mass is 214 g/mol. The van der Waals surface area contributed by atoms with E-state index in [1.807, 2.05) is 27.7 Å². The van der Waals surface area contributed by atoms with Crippen LogP contribution in [0.5, 0.6) is 0 Å². The first-order chi connectivity index (χ1) is 6.74. The Morgan fingerprint density at radius 1 is 1.20 bits per heavy atom. The molecule has 1 N–H and O–H groups in total. The van der Waals surface area contributed by atoms with Gasteiger partial charge in [-0.2, -0.15) is 0 Å². The molecule has 0 atom stereocenters. The van der Waals surface area contributed by atoms with Crippen LogP contribution in [0, 0.1) is 0 Å². The van der Waals surface area contributed by atoms with Gasteiger partial charge in [0.2, 0.25) is 0 Å². The molecule has 0 aliphatic carbocycles. The van der Waals surface area contributed by atoms with Crippen molar-refractivity contribution in [3.05, 3.63) is 0 Å². The van der Waals surface area contributed by atoms with Gasteiger partial charge in [0.15, 0.2) is 0 Å². The molecule has 1 aliphatic heterocycles. The van der Waals surface area contributed by atoms with Crippen LogP contribution in [-0.2, 0) is 14.1 Å². The van der Waals surface area contributed by atoms with Crippen LogP contribution in [0.2, 0.25) is 6.32 Å². The third kappa shape index (κ3) is 2.95. The van der Waals surface area contributed by atoms with Gasteiger partial charge in [0.05, 0.1) is 11.2 Å². The summed E-state index contributed by atoms with van der Waals surface area (Å²) in [5.41, 5.74) is -0.637. The highest BCUT2D eigenvalue weighted by Gasteiger charge is 2.50. The number of carboxylic acids is 1. The SMILES string of the molecule is CC1(C)OB(CCCC(=O)O)OC1(C)C. The molecule has 0 aromatic heterocycles. The zero-order valence-corrected chi connectivity index (χ0v) is 9.87. The van der Waals surface area contributed by atoms with Crippen molar-refractivity contribution in [1.82, 2.24) is 0 Å². The highest BCUT2D eigenvalue weighted by atomic mass is 16.7. The predicted octanol–water partition coefficient (Wildman–Crippen LogP) is 1.94. The molecule has 0 unspecified atom stereocenters. The Morgan fingerprint density at radius 2 is 1.67 bits per heavy atom. The summed E-state index contributed by atoms with van der Waals surface area (Å²) in [6.45, 7) is 7.96. The van der Waals surface area contributed by atoms with E-state index < -0.39 is 5.97 Å². The molecule has 1 heterocycles. The van der Waals surface area contributed by atoms with Crippen LogP contribution in [0.3, 0.4) is 0 Å². The summed E-state index contributed by atoms with van der Waals surface area (Å²) in [5, 5.41) is 8.51. The minimum Gasteiger partial charge on any atom is -0.481 e. The minimum absolute atomic E-state index is 0.171. The van der Waals surface area contributed by atoms with Crippen molar-refractivity contribution >= 4 is 13.1 Å². The van der Waals surface area contributed by atoms with Gasteiger partial charge in [-0.05, 0) is 40.4 Å². The molecule has 86 valence electrons. The average Bonchev–Trinajstić information content (AvgIpc) is 2.19. The third-order valence-corrected chi connectivity index (χ3v) is 3.13. The fraction of sp³-hybridized carbons (Fsp3) is 0.900. The molecule has 5 heteroatoms. The van der Waals surface area contributed by atoms with E-state index in [2.05, 4.69) is 0 Å². The van der Waals surface area contributed by atoms with Gasteiger partial charge >= 0.3 is 13.1 Å². The highest BCUT2D eigenvalue weighted by molar-refractivity contribution is 6.45. The van der Waals surface area contributed by atoms with E-state index in [0.717, 1.165) is 0 Å². The molecular weight excluding hydrogens is 195 g/mol. The lowest BCUT2D eigenvalue weighted by Gasteiger charge is -2.32. The Balaban J connectivity index is 2.39. The van der Waals surface area contributed by atoms with Crippen LogP contribution in [0.15, 0.2) is 0 Å². The fourth-order valence-electron chi connectivity index (χ4n) is 1.50. The lowest BCUT2D eigenvalue weighted by atomic mass is 9.82. The van der Waals surface area contributed by atoms with Gasteiger partial charge in [0.25, 0.3) is 0 Å². The molecule has 0 bridgehead atoms. The van der Waals surface area contributed by atoms with Gasteiger partial charge in [0.1, 0.15) is 0 Å². The minimum atomic E-state index is -0.772. The van der Waals surface area contributed by atoms with Crippen molar-refractivity contribution in [2.24, 2.45) is 0 Å². The Labute approximate surface area is 91.1 Å². The van der Waals surface area contributed by atoms with Crippen molar-refractivity contribution < 1.29 is 19.2 Å². The Morgan fingerprint density at radius 3 is 2.07 bits per heavy atom. The van der Waals surface area contributed by atoms with Crippen LogP contribution >= 0.6 is 0 Å². The van der Waals surface area contributed by atoms with Crippen molar-refractivity contribution in [3.63, 3.8) is 0 Å². The fourth-order valence-corrected chi connectivity index (χ4v) is 1.50. The van der Waals surface area contributed by atoms with Gasteiger partial charge in [-0.3, -0.25) is 4.79 Å². The van der Waals surface area contributed by atoms with Gasteiger partial charge in [-0.15, -0.1) is 0 Å². The molecule has 1 aliphatic rings. The third-order valence-electron chi connectivity index (χ3n) is 3.13. The molecule has 4 nitrogen and oxygen atoms in total. The van der Waals surface area contributed by atoms with E-state index >= 15 is 0 Å². The van der Waals surface area contributed by atoms with E-state index in [-0.39, 0.29) is 24.7 Å². The maximum Gasteiger partial charge on any atom is 0.457 e. The van der Waals surface area contributed by atoms with Crippen LogP contribution < -0.4 is 0 Å². The largest absolute Gasteiger partial charge is 0.481 e. The Hall–Kier alpha value is -0.545. The summed E-state index contributed by atoms with van der Waals surface area (Å²) in [6.07, 6.45) is 1.40. The van der Waals surface area contributed by atoms with Crippen LogP contribution in [-0.4, -0.2) is 29.4 Å². The van der Waals surface area contributed by atoms with Gasteiger partial charge in [-0.25, -0.2) is 0 Å². The van der Waals surface area contributed by atoms with Gasteiger partial charge < -0.3 is 14.4 Å². The van der Waals surface area contributed by atoms with Crippen LogP contribution in [0.25, 0.3) is 0 Å². The lowest BCUT2D eigenvalue weighted by molar-refractivity contribution is -0.137. The number of hydrogen-bond acceptors (Lipinski definition) is 3. The quantitative estimate of drug-likeness (QED) is 0.726. The summed E-state index contributed by atoms with van der Waals surface area (Å²) in [7, 11) is -0.269. The van der Waals surface area contributed by atoms with Crippen molar-refractivity contribution in [3.8, 4) is 0 Å². The molecule has 1 saturated heterocycles. The number of carbonyl (C=O) groups is 1. The molecule has 0 aromatic rings. The summed E-state index contributed by atoms with van der Waals surface area (Å²) >= 11 is 0. The van der Waals surface area contributed by atoms with E-state index in [4.69, 9.17) is 14.4 Å². The molecule has 15 heavy (non-hydrogen) atoms. The number of carboxylic acid groups (broad SMARTS) is 1. The van der Waals surface area contributed by atoms with Gasteiger partial charge in [-0.1, -0.05) is 0 Å². The summed E-state index contributed by atoms with van der Waals surface area (Å²) in [4.78, 5) is 10.3. The number of aliphatic carboxylic acids is 1. The second-order valence-corrected chi connectivity index (χ2v) is 4.97. The normalized spacial score (nSPS) is 23.1. The first-order valence-electron chi connectivity index (χ1n) is 5.32. The molecular formula is C10H19BO4. The van der Waals surface area contributed by atoms with E-state index in [1.54, 1.807) is 0 Å². The first-order valence-corrected chi connectivity index (χ1v) is 5.32. The first kappa shape index (κ1) is 12.5. The summed E-state index contributed by atoms with van der Waals surface area (Å²) in [6, 6.07) is 0. The highest BCUT2D eigenvalue weighted by Crippen LogP contribution is 2.37. The van der Waals surface area contributed by atoms with E-state index in [1.165, 1.54) is 0 Å². The number of rotatable bonds is 4. The number of hydrogen-bond donors (Lipinski definition) is 1. The lowest BCUT2D eigenvalue weighted by Crippen LogP contribution is -2.41. The summed E-state index contributed by atoms with van der Waals surface area (Å²) in [5.74, 6) is -0.772. The van der Waals surface area contributed by atoms with E-state index in [9.17, 15) is 4.79 Å². The van der Waals surface area contributed by atoms with Crippen molar-refractivity contribution in [2.75, 3.05) is 0 Å². The van der Waals surface area contributed by atoms with Crippen molar-refractivity contribution in [1.29, 1.82) is 0 Å². The predicted molar refractivity (Wildman–Crippen MR) is 57.8 cm³/mol. The zero-order valence-electron chi connectivity index (χ0n) is 9.87. The Bertz CT molecular complexity index is 234. The second-order valence-electron chi connectivity index (χ2n) is 4.97. The maximum absolute atomic E-state index is 10.3. The van der Waals surface area contributed by atoms with Crippen LogP contribution in [0.1, 0.15) is 40.5 Å². The zero-order chi connectivity index (χ0) is 11.7. The summed E-state index contributed by atoms with van der Waals surface area (Å²) < 4.78 is 11.5. The van der Waals surface area contributed by atoms with Gasteiger partial charge in [0, 0.05) is 6.42 Å². The topological polar surface area (TPSA) is 55.8 Å². The molecule has 0 saturated carbocycles. The molecule has 1 fully saturated rings. The van der Waals surface area contributed by atoms with Crippen molar-refractivity contribution in [2.45, 2.75) is 58.1 Å². The molecule has 0 spiro atoms. The average molecular weight is 214 g/mol. The molecule has 0 amide bonds. The molecule has 0 aromatic carbocycles.